The molecule has 6 heteroatoms. The molecule has 3 N–H and O–H groups in total. The van der Waals surface area contributed by atoms with E-state index in [0.717, 1.165) is 37.4 Å². The maximum Gasteiger partial charge on any atom is 0.231 e. The van der Waals surface area contributed by atoms with E-state index in [1.165, 1.54) is 0 Å². The molecule has 1 aromatic heterocycles. The quantitative estimate of drug-likeness (QED) is 0.793. The van der Waals surface area contributed by atoms with Crippen molar-refractivity contribution in [1.29, 1.82) is 0 Å². The number of nitrogens with one attached hydrogen (secondary N) is 1. The monoisotopic (exact) mass is 249 g/mol. The van der Waals surface area contributed by atoms with Gasteiger partial charge in [-0.15, -0.1) is 0 Å². The number of carbonyl (C=O) groups is 1. The van der Waals surface area contributed by atoms with Gasteiger partial charge >= 0.3 is 0 Å². The predicted molar refractivity (Wildman–Crippen MR) is 69.0 cm³/mol. The number of carbonyl (C=O) groups excluding carboxylic acids is 1. The summed E-state index contributed by atoms with van der Waals surface area (Å²) in [5.41, 5.74) is 6.10. The van der Waals surface area contributed by atoms with E-state index >= 15 is 0 Å². The number of rotatable bonds is 4. The summed E-state index contributed by atoms with van der Waals surface area (Å²) < 4.78 is 0. The summed E-state index contributed by atoms with van der Waals surface area (Å²) in [6.07, 6.45) is 5.36. The molecule has 0 unspecified atom stereocenters. The Morgan fingerprint density at radius 3 is 2.72 bits per heavy atom. The van der Waals surface area contributed by atoms with E-state index in [1.54, 1.807) is 12.4 Å². The predicted octanol–water partition coefficient (Wildman–Crippen LogP) is 0.147. The number of aromatic nitrogens is 2. The molecule has 1 fully saturated rings. The second kappa shape index (κ2) is 5.77. The van der Waals surface area contributed by atoms with E-state index in [-0.39, 0.29) is 5.91 Å². The van der Waals surface area contributed by atoms with Crippen LogP contribution in [0, 0.1) is 6.92 Å². The van der Waals surface area contributed by atoms with Gasteiger partial charge in [-0.1, -0.05) is 0 Å². The van der Waals surface area contributed by atoms with Gasteiger partial charge in [0.2, 0.25) is 5.91 Å². The molecule has 2 heterocycles. The van der Waals surface area contributed by atoms with E-state index in [1.807, 2.05) is 6.92 Å². The topological polar surface area (TPSA) is 84.1 Å². The first-order valence-corrected chi connectivity index (χ1v) is 6.20. The molecule has 1 aromatic rings. The van der Waals surface area contributed by atoms with Crippen molar-refractivity contribution in [3.05, 3.63) is 18.1 Å². The van der Waals surface area contributed by atoms with Crippen LogP contribution >= 0.6 is 0 Å². The smallest absolute Gasteiger partial charge is 0.231 e. The van der Waals surface area contributed by atoms with Crippen LogP contribution in [0.5, 0.6) is 0 Å². The summed E-state index contributed by atoms with van der Waals surface area (Å²) in [7, 11) is 0. The largest absolute Gasteiger partial charge is 0.369 e. The summed E-state index contributed by atoms with van der Waals surface area (Å²) in [4.78, 5) is 21.4. The number of hydrogen-bond donors (Lipinski definition) is 2. The standard InChI is InChI=1S/C12H19N5O/c1-9-12(15-5-4-14-9)16-10-2-6-17(7-3-10)8-11(13)18/h4-5,10H,2-3,6-8H2,1H3,(H2,13,18)(H,15,16). The van der Waals surface area contributed by atoms with Gasteiger partial charge in [0, 0.05) is 31.5 Å². The van der Waals surface area contributed by atoms with E-state index in [9.17, 15) is 4.79 Å². The Morgan fingerprint density at radius 2 is 2.11 bits per heavy atom. The number of nitrogens with two attached hydrogens (primary N) is 1. The van der Waals surface area contributed by atoms with Gasteiger partial charge in [-0.05, 0) is 19.8 Å². The molecule has 1 saturated heterocycles. The fourth-order valence-corrected chi connectivity index (χ4v) is 2.20. The number of nitrogens with zero attached hydrogens (tertiary/aromatic N) is 3. The molecule has 0 atom stereocenters. The molecule has 1 aliphatic rings. The fourth-order valence-electron chi connectivity index (χ4n) is 2.20. The Hall–Kier alpha value is -1.69. The normalized spacial score (nSPS) is 17.6. The summed E-state index contributed by atoms with van der Waals surface area (Å²) >= 11 is 0. The molecule has 1 amide bonds. The van der Waals surface area contributed by atoms with Crippen molar-refractivity contribution >= 4 is 11.7 Å². The summed E-state index contributed by atoms with van der Waals surface area (Å²) in [6, 6.07) is 0.393. The molecule has 6 nitrogen and oxygen atoms in total. The molecule has 1 aliphatic heterocycles. The maximum atomic E-state index is 10.8. The Labute approximate surface area is 107 Å². The molecule has 2 rings (SSSR count). The van der Waals surface area contributed by atoms with Gasteiger partial charge in [-0.25, -0.2) is 4.98 Å². The molecule has 0 aliphatic carbocycles. The average Bonchev–Trinajstić information content (AvgIpc) is 2.34. The van der Waals surface area contributed by atoms with Crippen LogP contribution in [0.1, 0.15) is 18.5 Å². The molecule has 0 saturated carbocycles. The van der Waals surface area contributed by atoms with Gasteiger partial charge in [0.25, 0.3) is 0 Å². The molecular weight excluding hydrogens is 230 g/mol. The van der Waals surface area contributed by atoms with Crippen LogP contribution in [0.3, 0.4) is 0 Å². The fraction of sp³-hybridized carbons (Fsp3) is 0.583. The van der Waals surface area contributed by atoms with Crippen LogP contribution in [-0.2, 0) is 4.79 Å². The third-order valence-electron chi connectivity index (χ3n) is 3.19. The number of primary amides is 1. The Morgan fingerprint density at radius 1 is 1.44 bits per heavy atom. The Bertz CT molecular complexity index is 415. The van der Waals surface area contributed by atoms with Crippen molar-refractivity contribution in [1.82, 2.24) is 14.9 Å². The summed E-state index contributed by atoms with van der Waals surface area (Å²) in [5.74, 6) is 0.594. The van der Waals surface area contributed by atoms with E-state index in [4.69, 9.17) is 5.73 Å². The van der Waals surface area contributed by atoms with Crippen molar-refractivity contribution < 1.29 is 4.79 Å². The van der Waals surface area contributed by atoms with Crippen LogP contribution in [0.2, 0.25) is 0 Å². The minimum Gasteiger partial charge on any atom is -0.369 e. The zero-order chi connectivity index (χ0) is 13.0. The van der Waals surface area contributed by atoms with Crippen molar-refractivity contribution in [2.24, 2.45) is 5.73 Å². The lowest BCUT2D eigenvalue weighted by molar-refractivity contribution is -0.119. The van der Waals surface area contributed by atoms with Crippen molar-refractivity contribution in [2.45, 2.75) is 25.8 Å². The minimum atomic E-state index is -0.258. The number of likely N-dealkylation sites (tertiary alicyclic amines) is 1. The second-order valence-corrected chi connectivity index (χ2v) is 4.65. The molecule has 98 valence electrons. The van der Waals surface area contributed by atoms with Crippen LogP contribution in [0.25, 0.3) is 0 Å². The zero-order valence-electron chi connectivity index (χ0n) is 10.6. The highest BCUT2D eigenvalue weighted by atomic mass is 16.1. The average molecular weight is 249 g/mol. The van der Waals surface area contributed by atoms with Crippen molar-refractivity contribution in [3.63, 3.8) is 0 Å². The first-order chi connectivity index (χ1) is 8.65. The van der Waals surface area contributed by atoms with Crippen LogP contribution in [0.4, 0.5) is 5.82 Å². The van der Waals surface area contributed by atoms with Gasteiger partial charge in [-0.3, -0.25) is 14.7 Å². The minimum absolute atomic E-state index is 0.258. The van der Waals surface area contributed by atoms with Gasteiger partial charge in [-0.2, -0.15) is 0 Å². The Balaban J connectivity index is 1.84. The number of anilines is 1. The number of amides is 1. The van der Waals surface area contributed by atoms with Gasteiger partial charge in [0.1, 0.15) is 5.82 Å². The van der Waals surface area contributed by atoms with Gasteiger partial charge in [0.05, 0.1) is 12.2 Å². The molecular formula is C12H19N5O. The lowest BCUT2D eigenvalue weighted by Gasteiger charge is -2.31. The molecule has 0 aromatic carbocycles. The number of hydrogen-bond acceptors (Lipinski definition) is 5. The molecule has 0 radical (unpaired) electrons. The first kappa shape index (κ1) is 12.8. The zero-order valence-corrected chi connectivity index (χ0v) is 10.6. The van der Waals surface area contributed by atoms with E-state index in [0.29, 0.717) is 12.6 Å². The van der Waals surface area contributed by atoms with Gasteiger partial charge in [0.15, 0.2) is 0 Å². The number of piperidine rings is 1. The first-order valence-electron chi connectivity index (χ1n) is 6.20. The highest BCUT2D eigenvalue weighted by Gasteiger charge is 2.20. The summed E-state index contributed by atoms with van der Waals surface area (Å²) in [6.45, 7) is 4.08. The van der Waals surface area contributed by atoms with Crippen LogP contribution < -0.4 is 11.1 Å². The highest BCUT2D eigenvalue weighted by Crippen LogP contribution is 2.16. The van der Waals surface area contributed by atoms with Gasteiger partial charge < -0.3 is 11.1 Å². The Kier molecular flexibility index (Phi) is 4.09. The molecule has 0 bridgehead atoms. The highest BCUT2D eigenvalue weighted by molar-refractivity contribution is 5.75. The third-order valence-corrected chi connectivity index (χ3v) is 3.19. The van der Waals surface area contributed by atoms with E-state index < -0.39 is 0 Å². The second-order valence-electron chi connectivity index (χ2n) is 4.65. The van der Waals surface area contributed by atoms with Crippen molar-refractivity contribution in [2.75, 3.05) is 25.0 Å². The van der Waals surface area contributed by atoms with E-state index in [2.05, 4.69) is 20.2 Å². The lowest BCUT2D eigenvalue weighted by atomic mass is 10.0. The summed E-state index contributed by atoms with van der Waals surface area (Å²) in [5, 5.41) is 3.41. The van der Waals surface area contributed by atoms with Crippen molar-refractivity contribution in [3.8, 4) is 0 Å². The molecule has 18 heavy (non-hydrogen) atoms. The number of aryl methyl sites for hydroxylation is 1. The lowest BCUT2D eigenvalue weighted by Crippen LogP contribution is -2.43. The molecule has 0 spiro atoms. The third kappa shape index (κ3) is 3.40. The maximum absolute atomic E-state index is 10.8. The van der Waals surface area contributed by atoms with Crippen LogP contribution in [0.15, 0.2) is 12.4 Å². The van der Waals surface area contributed by atoms with Crippen LogP contribution in [-0.4, -0.2) is 46.5 Å². The SMILES string of the molecule is Cc1nccnc1NC1CCN(CC(N)=O)CC1.